The first-order chi connectivity index (χ1) is 22.8. The van der Waals surface area contributed by atoms with E-state index in [1.165, 1.54) is 16.3 Å². The summed E-state index contributed by atoms with van der Waals surface area (Å²) < 4.78 is 14.7. The predicted octanol–water partition coefficient (Wildman–Crippen LogP) is 12.1. The summed E-state index contributed by atoms with van der Waals surface area (Å²) in [7, 11) is 0. The van der Waals surface area contributed by atoms with Crippen molar-refractivity contribution in [3.05, 3.63) is 158 Å². The lowest BCUT2D eigenvalue weighted by Gasteiger charge is -2.26. The van der Waals surface area contributed by atoms with Gasteiger partial charge in [0.25, 0.3) is 0 Å². The molecule has 10 rings (SSSR count). The fraction of sp³-hybridized carbons (Fsp3) is 0. The maximum absolute atomic E-state index is 6.18. The van der Waals surface area contributed by atoms with Gasteiger partial charge in [-0.25, -0.2) is 0 Å². The lowest BCUT2D eigenvalue weighted by atomic mass is 10.1. The Morgan fingerprint density at radius 1 is 0.348 bits per heavy atom. The van der Waals surface area contributed by atoms with Crippen molar-refractivity contribution < 1.29 is 8.83 Å². The van der Waals surface area contributed by atoms with E-state index in [4.69, 9.17) is 8.83 Å². The minimum atomic E-state index is 0.885. The third kappa shape index (κ3) is 3.67. The van der Waals surface area contributed by atoms with Crippen molar-refractivity contribution in [3.8, 4) is 5.69 Å². The second kappa shape index (κ2) is 9.62. The van der Waals surface area contributed by atoms with E-state index in [0.29, 0.717) is 0 Å². The third-order valence-corrected chi connectivity index (χ3v) is 9.17. The molecule has 0 aliphatic heterocycles. The molecule has 0 radical (unpaired) electrons. The van der Waals surface area contributed by atoms with E-state index < -0.39 is 0 Å². The summed E-state index contributed by atoms with van der Waals surface area (Å²) in [5.41, 5.74) is 10.2. The van der Waals surface area contributed by atoms with E-state index in [1.54, 1.807) is 0 Å². The van der Waals surface area contributed by atoms with Gasteiger partial charge < -0.3 is 18.3 Å². The highest BCUT2D eigenvalue weighted by Gasteiger charge is 2.19. The van der Waals surface area contributed by atoms with Crippen LogP contribution in [0.15, 0.2) is 167 Å². The summed E-state index contributed by atoms with van der Waals surface area (Å²) in [4.78, 5) is 2.33. The first-order valence-electron chi connectivity index (χ1n) is 15.5. The van der Waals surface area contributed by atoms with Crippen LogP contribution in [0.1, 0.15) is 0 Å². The number of benzene rings is 7. The molecular weight excluding hydrogens is 564 g/mol. The van der Waals surface area contributed by atoms with Gasteiger partial charge in [-0.15, -0.1) is 0 Å². The normalized spacial score (nSPS) is 11.9. The first kappa shape index (κ1) is 25.1. The highest BCUT2D eigenvalue weighted by Crippen LogP contribution is 2.42. The molecule has 0 saturated carbocycles. The second-order valence-corrected chi connectivity index (χ2v) is 11.8. The Balaban J connectivity index is 1.23. The minimum absolute atomic E-state index is 0.885. The van der Waals surface area contributed by atoms with Crippen molar-refractivity contribution in [3.63, 3.8) is 0 Å². The van der Waals surface area contributed by atoms with Gasteiger partial charge in [0.05, 0.1) is 11.0 Å². The van der Waals surface area contributed by atoms with E-state index in [-0.39, 0.29) is 0 Å². The molecule has 7 aromatic carbocycles. The van der Waals surface area contributed by atoms with Crippen molar-refractivity contribution in [2.24, 2.45) is 0 Å². The Labute approximate surface area is 263 Å². The standard InChI is InChI=1S/C42H26N2O2/c1-2-10-27(11-3-1)43(28-19-22-41-35(24-28)33-13-5-8-16-39(33)45-41)30-18-21-32-31-12-4-7-15-37(31)44(38(32)26-30)29-20-23-42-36(25-29)34-14-6-9-17-40(34)46-42/h1-26H. The summed E-state index contributed by atoms with van der Waals surface area (Å²) in [6.45, 7) is 0. The molecule has 0 unspecified atom stereocenters. The average Bonchev–Trinajstić information content (AvgIpc) is 3.78. The average molecular weight is 591 g/mol. The number of para-hydroxylation sites is 4. The molecule has 0 bridgehead atoms. The van der Waals surface area contributed by atoms with Gasteiger partial charge >= 0.3 is 0 Å². The SMILES string of the molecule is c1ccc(N(c2ccc3oc4ccccc4c3c2)c2ccc3c4ccccc4n(-c4ccc5oc6ccccc6c5c4)c3c2)cc1. The van der Waals surface area contributed by atoms with Crippen molar-refractivity contribution in [2.45, 2.75) is 0 Å². The van der Waals surface area contributed by atoms with E-state index in [1.807, 2.05) is 24.3 Å². The molecule has 10 aromatic rings. The van der Waals surface area contributed by atoms with Crippen LogP contribution in [0.25, 0.3) is 71.4 Å². The third-order valence-electron chi connectivity index (χ3n) is 9.17. The van der Waals surface area contributed by atoms with Crippen LogP contribution in [0.5, 0.6) is 0 Å². The van der Waals surface area contributed by atoms with Gasteiger partial charge in [0.2, 0.25) is 0 Å². The number of nitrogens with zero attached hydrogens (tertiary/aromatic N) is 2. The Morgan fingerprint density at radius 2 is 0.891 bits per heavy atom. The molecular formula is C42H26N2O2. The number of furan rings is 2. The molecule has 46 heavy (non-hydrogen) atoms. The Bertz CT molecular complexity index is 2770. The van der Waals surface area contributed by atoms with E-state index in [9.17, 15) is 0 Å². The molecule has 0 N–H and O–H groups in total. The van der Waals surface area contributed by atoms with E-state index in [2.05, 4.69) is 143 Å². The molecule has 216 valence electrons. The number of hydrogen-bond acceptors (Lipinski definition) is 3. The summed E-state index contributed by atoms with van der Waals surface area (Å²) in [6, 6.07) is 55.5. The summed E-state index contributed by atoms with van der Waals surface area (Å²) in [6.07, 6.45) is 0. The van der Waals surface area contributed by atoms with Crippen LogP contribution < -0.4 is 4.90 Å². The van der Waals surface area contributed by atoms with Crippen molar-refractivity contribution in [2.75, 3.05) is 4.90 Å². The number of fused-ring (bicyclic) bond motifs is 9. The highest BCUT2D eigenvalue weighted by atomic mass is 16.3. The zero-order valence-corrected chi connectivity index (χ0v) is 24.7. The van der Waals surface area contributed by atoms with Crippen molar-refractivity contribution in [1.82, 2.24) is 4.57 Å². The molecule has 0 aliphatic rings. The molecule has 4 heteroatoms. The van der Waals surface area contributed by atoms with Crippen LogP contribution in [0.4, 0.5) is 17.1 Å². The fourth-order valence-corrected chi connectivity index (χ4v) is 7.11. The molecule has 0 amide bonds. The van der Waals surface area contributed by atoms with Crippen LogP contribution >= 0.6 is 0 Å². The van der Waals surface area contributed by atoms with E-state index in [0.717, 1.165) is 72.1 Å². The zero-order valence-electron chi connectivity index (χ0n) is 24.7. The molecule has 0 fully saturated rings. The van der Waals surface area contributed by atoms with Crippen LogP contribution in [0.2, 0.25) is 0 Å². The quantitative estimate of drug-likeness (QED) is 0.204. The van der Waals surface area contributed by atoms with E-state index >= 15 is 0 Å². The molecule has 3 heterocycles. The Kier molecular flexibility index (Phi) is 5.25. The number of rotatable bonds is 4. The molecule has 3 aromatic heterocycles. The van der Waals surface area contributed by atoms with Gasteiger partial charge in [0.15, 0.2) is 0 Å². The largest absolute Gasteiger partial charge is 0.456 e. The molecule has 0 aliphatic carbocycles. The highest BCUT2D eigenvalue weighted by molar-refractivity contribution is 6.12. The zero-order chi connectivity index (χ0) is 30.2. The maximum Gasteiger partial charge on any atom is 0.135 e. The lowest BCUT2D eigenvalue weighted by Crippen LogP contribution is -2.10. The molecule has 4 nitrogen and oxygen atoms in total. The summed E-state index contributed by atoms with van der Waals surface area (Å²) in [5.74, 6) is 0. The number of anilines is 3. The second-order valence-electron chi connectivity index (χ2n) is 11.8. The Hall–Kier alpha value is -6.26. The number of hydrogen-bond donors (Lipinski definition) is 0. The van der Waals surface area contributed by atoms with Crippen LogP contribution in [0, 0.1) is 0 Å². The van der Waals surface area contributed by atoms with Crippen LogP contribution in [-0.2, 0) is 0 Å². The monoisotopic (exact) mass is 590 g/mol. The van der Waals surface area contributed by atoms with Gasteiger partial charge in [0, 0.05) is 55.1 Å². The summed E-state index contributed by atoms with van der Waals surface area (Å²) >= 11 is 0. The molecule has 0 atom stereocenters. The predicted molar refractivity (Wildman–Crippen MR) is 190 cm³/mol. The fourth-order valence-electron chi connectivity index (χ4n) is 7.11. The lowest BCUT2D eigenvalue weighted by molar-refractivity contribution is 0.668. The van der Waals surface area contributed by atoms with Crippen LogP contribution in [0.3, 0.4) is 0 Å². The molecule has 0 saturated heterocycles. The van der Waals surface area contributed by atoms with Gasteiger partial charge in [-0.3, -0.25) is 0 Å². The van der Waals surface area contributed by atoms with Gasteiger partial charge in [-0.2, -0.15) is 0 Å². The maximum atomic E-state index is 6.18. The Morgan fingerprint density at radius 3 is 1.65 bits per heavy atom. The van der Waals surface area contributed by atoms with Gasteiger partial charge in [-0.05, 0) is 78.9 Å². The minimum Gasteiger partial charge on any atom is -0.456 e. The topological polar surface area (TPSA) is 34.5 Å². The van der Waals surface area contributed by atoms with Gasteiger partial charge in [-0.1, -0.05) is 78.9 Å². The summed E-state index contributed by atoms with van der Waals surface area (Å²) in [5, 5.41) is 6.88. The van der Waals surface area contributed by atoms with Crippen molar-refractivity contribution >= 4 is 82.7 Å². The van der Waals surface area contributed by atoms with Crippen molar-refractivity contribution in [1.29, 1.82) is 0 Å². The van der Waals surface area contributed by atoms with Gasteiger partial charge in [0.1, 0.15) is 22.3 Å². The van der Waals surface area contributed by atoms with Crippen LogP contribution in [-0.4, -0.2) is 4.57 Å². The number of aromatic nitrogens is 1. The molecule has 0 spiro atoms. The smallest absolute Gasteiger partial charge is 0.135 e. The first-order valence-corrected chi connectivity index (χ1v) is 15.5.